The number of methoxy groups -OCH3 is 1. The molecule has 0 unspecified atom stereocenters. The predicted molar refractivity (Wildman–Crippen MR) is 86.8 cm³/mol. The second-order valence-electron chi connectivity index (χ2n) is 5.69. The van der Waals surface area contributed by atoms with E-state index >= 15 is 0 Å². The van der Waals surface area contributed by atoms with Crippen molar-refractivity contribution in [3.63, 3.8) is 0 Å². The first-order valence-electron chi connectivity index (χ1n) is 7.59. The fourth-order valence-electron chi connectivity index (χ4n) is 2.90. The van der Waals surface area contributed by atoms with Crippen molar-refractivity contribution < 1.29 is 23.8 Å². The third-order valence-corrected chi connectivity index (χ3v) is 4.01. The van der Waals surface area contributed by atoms with Gasteiger partial charge in [0.05, 0.1) is 5.56 Å². The highest BCUT2D eigenvalue weighted by Crippen LogP contribution is 2.42. The maximum atomic E-state index is 13.0. The van der Waals surface area contributed by atoms with E-state index in [1.165, 1.54) is 14.0 Å². The maximum absolute atomic E-state index is 13.0. The van der Waals surface area contributed by atoms with Gasteiger partial charge in [0.25, 0.3) is 5.79 Å². The van der Waals surface area contributed by atoms with Gasteiger partial charge < -0.3 is 14.2 Å². The molecule has 1 aliphatic heterocycles. The van der Waals surface area contributed by atoms with E-state index in [1.54, 1.807) is 36.4 Å². The van der Waals surface area contributed by atoms with Crippen molar-refractivity contribution in [1.29, 1.82) is 0 Å². The van der Waals surface area contributed by atoms with Gasteiger partial charge in [0.15, 0.2) is 0 Å². The standard InChI is InChI=1S/C19H18O5/c1-12-9-10-16-15(11-12)17(21)18(23-13(2)20)19(22-3,24-16)14-7-5-4-6-8-14/h4-11,18H,1-3H3/t18-,19+/m0/s1. The van der Waals surface area contributed by atoms with Crippen LogP contribution in [0, 0.1) is 6.92 Å². The van der Waals surface area contributed by atoms with Crippen LogP contribution < -0.4 is 4.74 Å². The summed E-state index contributed by atoms with van der Waals surface area (Å²) in [5.41, 5.74) is 1.89. The molecule has 0 bridgehead atoms. The molecule has 124 valence electrons. The molecule has 0 amide bonds. The van der Waals surface area contributed by atoms with Crippen molar-refractivity contribution in [1.82, 2.24) is 0 Å². The number of aryl methyl sites for hydroxylation is 1. The van der Waals surface area contributed by atoms with Crippen LogP contribution in [0.25, 0.3) is 0 Å². The van der Waals surface area contributed by atoms with Crippen LogP contribution in [0.3, 0.4) is 0 Å². The summed E-state index contributed by atoms with van der Waals surface area (Å²) in [5, 5.41) is 0. The van der Waals surface area contributed by atoms with Crippen LogP contribution in [-0.4, -0.2) is 25.0 Å². The monoisotopic (exact) mass is 326 g/mol. The molecule has 2 aromatic rings. The summed E-state index contributed by atoms with van der Waals surface area (Å²) in [6, 6.07) is 14.3. The number of esters is 1. The molecule has 24 heavy (non-hydrogen) atoms. The molecule has 5 nitrogen and oxygen atoms in total. The first-order valence-corrected chi connectivity index (χ1v) is 7.59. The van der Waals surface area contributed by atoms with Crippen LogP contribution in [0.15, 0.2) is 48.5 Å². The average molecular weight is 326 g/mol. The Balaban J connectivity index is 2.20. The summed E-state index contributed by atoms with van der Waals surface area (Å²) in [5.74, 6) is -2.04. The van der Waals surface area contributed by atoms with E-state index in [-0.39, 0.29) is 5.78 Å². The SMILES string of the molecule is CO[C@]1(c2ccccc2)Oc2ccc(C)cc2C(=O)[C@@H]1OC(C)=O. The van der Waals surface area contributed by atoms with Crippen molar-refractivity contribution in [2.24, 2.45) is 0 Å². The molecule has 0 saturated heterocycles. The fraction of sp³-hybridized carbons (Fsp3) is 0.263. The van der Waals surface area contributed by atoms with Crippen LogP contribution in [0.1, 0.15) is 28.4 Å². The van der Waals surface area contributed by atoms with Gasteiger partial charge >= 0.3 is 5.97 Å². The van der Waals surface area contributed by atoms with Crippen LogP contribution in [-0.2, 0) is 20.1 Å². The smallest absolute Gasteiger partial charge is 0.303 e. The molecule has 0 spiro atoms. The van der Waals surface area contributed by atoms with Gasteiger partial charge in [-0.25, -0.2) is 0 Å². The van der Waals surface area contributed by atoms with Crippen molar-refractivity contribution in [3.8, 4) is 5.75 Å². The molecule has 1 heterocycles. The number of rotatable bonds is 3. The van der Waals surface area contributed by atoms with Crippen LogP contribution in [0.4, 0.5) is 0 Å². The number of benzene rings is 2. The highest BCUT2D eigenvalue weighted by Gasteiger charge is 2.54. The first kappa shape index (κ1) is 16.2. The highest BCUT2D eigenvalue weighted by atomic mass is 16.7. The molecule has 0 aliphatic carbocycles. The summed E-state index contributed by atoms with van der Waals surface area (Å²) in [4.78, 5) is 24.6. The van der Waals surface area contributed by atoms with Crippen molar-refractivity contribution >= 4 is 11.8 Å². The quantitative estimate of drug-likeness (QED) is 0.812. The molecule has 1 aliphatic rings. The Morgan fingerprint density at radius 3 is 2.50 bits per heavy atom. The average Bonchev–Trinajstić information content (AvgIpc) is 2.58. The second kappa shape index (κ2) is 6.09. The third-order valence-electron chi connectivity index (χ3n) is 4.01. The first-order chi connectivity index (χ1) is 11.5. The van der Waals surface area contributed by atoms with E-state index in [1.807, 2.05) is 19.1 Å². The van der Waals surface area contributed by atoms with Gasteiger partial charge in [-0.1, -0.05) is 42.0 Å². The second-order valence-corrected chi connectivity index (χ2v) is 5.69. The Morgan fingerprint density at radius 1 is 1.17 bits per heavy atom. The van der Waals surface area contributed by atoms with Crippen LogP contribution >= 0.6 is 0 Å². The number of ketones is 1. The number of hydrogen-bond acceptors (Lipinski definition) is 5. The minimum absolute atomic E-state index is 0.346. The van der Waals surface area contributed by atoms with E-state index < -0.39 is 17.9 Å². The zero-order valence-corrected chi connectivity index (χ0v) is 13.7. The zero-order chi connectivity index (χ0) is 17.3. The van der Waals surface area contributed by atoms with Crippen molar-refractivity contribution in [2.45, 2.75) is 25.7 Å². The van der Waals surface area contributed by atoms with Crippen LogP contribution in [0.5, 0.6) is 5.75 Å². The zero-order valence-electron chi connectivity index (χ0n) is 13.7. The lowest BCUT2D eigenvalue weighted by Crippen LogP contribution is -2.55. The summed E-state index contributed by atoms with van der Waals surface area (Å²) in [7, 11) is 1.43. The fourth-order valence-corrected chi connectivity index (χ4v) is 2.90. The Kier molecular flexibility index (Phi) is 4.11. The number of hydrogen-bond donors (Lipinski definition) is 0. The molecular weight excluding hydrogens is 308 g/mol. The minimum Gasteiger partial charge on any atom is -0.453 e. The van der Waals surface area contributed by atoms with E-state index in [4.69, 9.17) is 14.2 Å². The summed E-state index contributed by atoms with van der Waals surface area (Å²) >= 11 is 0. The maximum Gasteiger partial charge on any atom is 0.303 e. The number of fused-ring (bicyclic) bond motifs is 1. The Labute approximate surface area is 140 Å². The largest absolute Gasteiger partial charge is 0.453 e. The Hall–Kier alpha value is -2.66. The minimum atomic E-state index is -1.52. The van der Waals surface area contributed by atoms with Crippen molar-refractivity contribution in [2.75, 3.05) is 7.11 Å². The molecule has 0 fully saturated rings. The molecule has 2 atom stereocenters. The highest BCUT2D eigenvalue weighted by molar-refractivity contribution is 6.04. The van der Waals surface area contributed by atoms with Gasteiger partial charge in [-0.2, -0.15) is 0 Å². The molecule has 3 rings (SSSR count). The van der Waals surface area contributed by atoms with Gasteiger partial charge in [0, 0.05) is 19.6 Å². The number of Topliss-reactive ketones (excluding diaryl/α,β-unsaturated/α-hetero) is 1. The molecule has 5 heteroatoms. The lowest BCUT2D eigenvalue weighted by molar-refractivity contribution is -0.233. The molecular formula is C19H18O5. The lowest BCUT2D eigenvalue weighted by Gasteiger charge is -2.41. The Bertz CT molecular complexity index is 784. The van der Waals surface area contributed by atoms with Gasteiger partial charge in [0.1, 0.15) is 5.75 Å². The lowest BCUT2D eigenvalue weighted by atomic mass is 9.89. The molecule has 0 aromatic heterocycles. The molecule has 0 radical (unpaired) electrons. The van der Waals surface area contributed by atoms with Gasteiger partial charge in [-0.15, -0.1) is 0 Å². The summed E-state index contributed by atoms with van der Waals surface area (Å²) in [6.45, 7) is 3.13. The van der Waals surface area contributed by atoms with Crippen LogP contribution in [0.2, 0.25) is 0 Å². The van der Waals surface area contributed by atoms with E-state index in [0.717, 1.165) is 5.56 Å². The molecule has 0 saturated carbocycles. The normalized spacial score (nSPS) is 22.5. The summed E-state index contributed by atoms with van der Waals surface area (Å²) < 4.78 is 17.0. The molecule has 2 aromatic carbocycles. The van der Waals surface area contributed by atoms with Crippen molar-refractivity contribution in [3.05, 3.63) is 65.2 Å². The summed E-state index contributed by atoms with van der Waals surface area (Å²) in [6.07, 6.45) is -1.23. The van der Waals surface area contributed by atoms with E-state index in [2.05, 4.69) is 0 Å². The van der Waals surface area contributed by atoms with E-state index in [9.17, 15) is 9.59 Å². The number of carbonyl (C=O) groups is 2. The predicted octanol–water partition coefficient (Wildman–Crippen LogP) is 3.00. The third kappa shape index (κ3) is 2.57. The van der Waals surface area contributed by atoms with Gasteiger partial charge in [-0.05, 0) is 19.1 Å². The topological polar surface area (TPSA) is 61.8 Å². The number of ether oxygens (including phenoxy) is 3. The van der Waals surface area contributed by atoms with Gasteiger partial charge in [-0.3, -0.25) is 9.59 Å². The van der Waals surface area contributed by atoms with E-state index in [0.29, 0.717) is 16.9 Å². The van der Waals surface area contributed by atoms with Gasteiger partial charge in [0.2, 0.25) is 11.9 Å². The Morgan fingerprint density at radius 2 is 1.88 bits per heavy atom. The molecule has 0 N–H and O–H groups in total. The number of carbonyl (C=O) groups excluding carboxylic acids is 2.